The van der Waals surface area contributed by atoms with Crippen molar-refractivity contribution in [2.75, 3.05) is 5.32 Å². The first-order valence-corrected chi connectivity index (χ1v) is 9.53. The number of nitrogens with one attached hydrogen (secondary N) is 1. The largest absolute Gasteiger partial charge is 0.450 e. The Hall–Kier alpha value is -4.25. The molecule has 0 atom stereocenters. The Morgan fingerprint density at radius 1 is 1.06 bits per heavy atom. The maximum atomic E-state index is 13.6. The second-order valence-corrected chi connectivity index (χ2v) is 7.05. The number of anilines is 1. The molecular formula is C22H15F3N4O4. The Kier molecular flexibility index (Phi) is 5.56. The van der Waals surface area contributed by atoms with E-state index < -0.39 is 22.8 Å². The standard InChI is InChI=1S/C22H15F3N4O4/c23-22(24,25)21-27-18-11-13(12-30)1-10-19(18)28(21)16-8-4-15(5-9-16)26-20(31)14-2-6-17(7-3-14)29(32)33/h1-11,30H,12H2,(H,26,31). The molecule has 0 aliphatic heterocycles. The number of rotatable bonds is 5. The Bertz CT molecular complexity index is 1350. The van der Waals surface area contributed by atoms with E-state index in [1.165, 1.54) is 66.7 Å². The number of nitro groups is 1. The summed E-state index contributed by atoms with van der Waals surface area (Å²) < 4.78 is 41.9. The van der Waals surface area contributed by atoms with E-state index in [1.54, 1.807) is 0 Å². The number of aliphatic hydroxyl groups is 1. The molecule has 1 aromatic heterocycles. The lowest BCUT2D eigenvalue weighted by Gasteiger charge is -2.12. The van der Waals surface area contributed by atoms with Gasteiger partial charge in [-0.1, -0.05) is 6.07 Å². The number of carbonyl (C=O) groups is 1. The van der Waals surface area contributed by atoms with E-state index in [0.717, 1.165) is 4.57 Å². The molecule has 0 saturated carbocycles. The van der Waals surface area contributed by atoms with Crippen LogP contribution in [-0.2, 0) is 12.8 Å². The van der Waals surface area contributed by atoms with Gasteiger partial charge in [0.25, 0.3) is 11.6 Å². The normalized spacial score (nSPS) is 11.5. The summed E-state index contributed by atoms with van der Waals surface area (Å²) in [6, 6.07) is 15.0. The SMILES string of the molecule is O=C(Nc1ccc(-n2c(C(F)(F)F)nc3cc(CO)ccc32)cc1)c1ccc([N+](=O)[O-])cc1. The van der Waals surface area contributed by atoms with Crippen LogP contribution in [0.25, 0.3) is 16.7 Å². The molecule has 0 unspecified atom stereocenters. The minimum atomic E-state index is -4.72. The summed E-state index contributed by atoms with van der Waals surface area (Å²) in [5.41, 5.74) is 1.26. The molecule has 0 radical (unpaired) electrons. The Morgan fingerprint density at radius 3 is 2.30 bits per heavy atom. The lowest BCUT2D eigenvalue weighted by molar-refractivity contribution is -0.384. The number of hydrogen-bond donors (Lipinski definition) is 2. The number of non-ortho nitro benzene ring substituents is 1. The lowest BCUT2D eigenvalue weighted by Crippen LogP contribution is -2.14. The van der Waals surface area contributed by atoms with Crippen LogP contribution in [0.15, 0.2) is 66.7 Å². The van der Waals surface area contributed by atoms with Crippen molar-refractivity contribution in [1.29, 1.82) is 0 Å². The molecule has 1 heterocycles. The van der Waals surface area contributed by atoms with Gasteiger partial charge in [0.05, 0.1) is 22.6 Å². The highest BCUT2D eigenvalue weighted by atomic mass is 19.4. The van der Waals surface area contributed by atoms with Crippen molar-refractivity contribution in [1.82, 2.24) is 9.55 Å². The first-order valence-electron chi connectivity index (χ1n) is 9.53. The van der Waals surface area contributed by atoms with E-state index in [4.69, 9.17) is 0 Å². The topological polar surface area (TPSA) is 110 Å². The first kappa shape index (κ1) is 22.0. The molecule has 11 heteroatoms. The van der Waals surface area contributed by atoms with Crippen LogP contribution in [-0.4, -0.2) is 25.5 Å². The maximum Gasteiger partial charge on any atom is 0.450 e. The van der Waals surface area contributed by atoms with Gasteiger partial charge >= 0.3 is 6.18 Å². The van der Waals surface area contributed by atoms with Crippen LogP contribution in [0.2, 0.25) is 0 Å². The summed E-state index contributed by atoms with van der Waals surface area (Å²) in [6.45, 7) is -0.326. The van der Waals surface area contributed by atoms with Crippen molar-refractivity contribution < 1.29 is 28.0 Å². The predicted octanol–water partition coefficient (Wildman–Crippen LogP) is 4.70. The van der Waals surface area contributed by atoms with Crippen LogP contribution in [0.3, 0.4) is 0 Å². The van der Waals surface area contributed by atoms with Gasteiger partial charge in [-0.15, -0.1) is 0 Å². The van der Waals surface area contributed by atoms with Gasteiger partial charge in [-0.2, -0.15) is 13.2 Å². The van der Waals surface area contributed by atoms with Crippen molar-refractivity contribution in [2.24, 2.45) is 0 Å². The van der Waals surface area contributed by atoms with Gasteiger partial charge in [-0.3, -0.25) is 19.5 Å². The molecule has 2 N–H and O–H groups in total. The quantitative estimate of drug-likeness (QED) is 0.334. The monoisotopic (exact) mass is 456 g/mol. The second-order valence-electron chi connectivity index (χ2n) is 7.05. The number of nitrogens with zero attached hydrogens (tertiary/aromatic N) is 3. The number of hydrogen-bond acceptors (Lipinski definition) is 5. The molecule has 8 nitrogen and oxygen atoms in total. The number of fused-ring (bicyclic) bond motifs is 1. The Labute approximate surface area is 184 Å². The smallest absolute Gasteiger partial charge is 0.392 e. The molecule has 0 aliphatic carbocycles. The molecule has 4 aromatic rings. The van der Waals surface area contributed by atoms with Gasteiger partial charge in [0.2, 0.25) is 5.82 Å². The number of alkyl halides is 3. The van der Waals surface area contributed by atoms with E-state index in [-0.39, 0.29) is 34.6 Å². The van der Waals surface area contributed by atoms with Gasteiger partial charge in [-0.05, 0) is 54.1 Å². The van der Waals surface area contributed by atoms with Crippen molar-refractivity contribution in [3.05, 3.63) is 93.8 Å². The first-order chi connectivity index (χ1) is 15.7. The van der Waals surface area contributed by atoms with Gasteiger partial charge in [0.1, 0.15) is 0 Å². The Morgan fingerprint density at radius 2 is 1.73 bits per heavy atom. The number of aliphatic hydroxyl groups excluding tert-OH is 1. The van der Waals surface area contributed by atoms with Gasteiger partial charge in [0.15, 0.2) is 0 Å². The number of halogens is 3. The van der Waals surface area contributed by atoms with Gasteiger partial charge in [-0.25, -0.2) is 4.98 Å². The molecular weight excluding hydrogens is 441 g/mol. The zero-order valence-electron chi connectivity index (χ0n) is 16.7. The summed E-state index contributed by atoms with van der Waals surface area (Å²) in [5.74, 6) is -1.64. The minimum Gasteiger partial charge on any atom is -0.392 e. The molecule has 4 rings (SSSR count). The summed E-state index contributed by atoms with van der Waals surface area (Å²) in [7, 11) is 0. The van der Waals surface area contributed by atoms with Crippen LogP contribution in [0.4, 0.5) is 24.5 Å². The van der Waals surface area contributed by atoms with Crippen LogP contribution in [0.5, 0.6) is 0 Å². The predicted molar refractivity (Wildman–Crippen MR) is 113 cm³/mol. The fraction of sp³-hybridized carbons (Fsp3) is 0.0909. The van der Waals surface area contributed by atoms with Crippen LogP contribution in [0.1, 0.15) is 21.7 Å². The fourth-order valence-electron chi connectivity index (χ4n) is 3.31. The summed E-state index contributed by atoms with van der Waals surface area (Å²) in [5, 5.41) is 22.6. The molecule has 3 aromatic carbocycles. The number of imidazole rings is 1. The third kappa shape index (κ3) is 4.39. The zero-order valence-corrected chi connectivity index (χ0v) is 16.7. The van der Waals surface area contributed by atoms with Crippen LogP contribution < -0.4 is 5.32 Å². The third-order valence-corrected chi connectivity index (χ3v) is 4.88. The van der Waals surface area contributed by atoms with E-state index in [1.807, 2.05) is 0 Å². The summed E-state index contributed by atoms with van der Waals surface area (Å²) >= 11 is 0. The van der Waals surface area contributed by atoms with Crippen molar-refractivity contribution in [2.45, 2.75) is 12.8 Å². The number of amides is 1. The molecule has 1 amide bonds. The summed E-state index contributed by atoms with van der Waals surface area (Å²) in [6.07, 6.45) is -4.72. The van der Waals surface area contributed by atoms with E-state index in [0.29, 0.717) is 11.3 Å². The van der Waals surface area contributed by atoms with E-state index >= 15 is 0 Å². The van der Waals surface area contributed by atoms with Crippen LogP contribution in [0, 0.1) is 10.1 Å². The van der Waals surface area contributed by atoms with E-state index in [2.05, 4.69) is 10.3 Å². The molecule has 0 fully saturated rings. The highest BCUT2D eigenvalue weighted by molar-refractivity contribution is 6.04. The minimum absolute atomic E-state index is 0.0874. The number of carbonyl (C=O) groups excluding carboxylic acids is 1. The molecule has 0 spiro atoms. The molecule has 0 saturated heterocycles. The zero-order chi connectivity index (χ0) is 23.8. The molecule has 0 aliphatic rings. The van der Waals surface area contributed by atoms with E-state index in [9.17, 15) is 33.2 Å². The lowest BCUT2D eigenvalue weighted by atomic mass is 10.2. The highest BCUT2D eigenvalue weighted by Gasteiger charge is 2.38. The fourth-order valence-corrected chi connectivity index (χ4v) is 3.31. The van der Waals surface area contributed by atoms with Crippen molar-refractivity contribution in [3.8, 4) is 5.69 Å². The van der Waals surface area contributed by atoms with Gasteiger partial charge < -0.3 is 10.4 Å². The average Bonchev–Trinajstić information content (AvgIpc) is 3.19. The second kappa shape index (κ2) is 8.36. The summed E-state index contributed by atoms with van der Waals surface area (Å²) in [4.78, 5) is 26.2. The van der Waals surface area contributed by atoms with Crippen LogP contribution >= 0.6 is 0 Å². The number of benzene rings is 3. The third-order valence-electron chi connectivity index (χ3n) is 4.88. The molecule has 168 valence electrons. The number of nitro benzene ring substituents is 1. The average molecular weight is 456 g/mol. The van der Waals surface area contributed by atoms with Crippen molar-refractivity contribution >= 4 is 28.3 Å². The highest BCUT2D eigenvalue weighted by Crippen LogP contribution is 2.34. The van der Waals surface area contributed by atoms with Crippen molar-refractivity contribution in [3.63, 3.8) is 0 Å². The maximum absolute atomic E-state index is 13.6. The number of aromatic nitrogens is 2. The molecule has 33 heavy (non-hydrogen) atoms. The molecule has 0 bridgehead atoms. The Balaban J connectivity index is 1.64. The van der Waals surface area contributed by atoms with Gasteiger partial charge in [0, 0.05) is 29.1 Å².